The number of nitrogens with zero attached hydrogens (tertiary/aromatic N) is 6. The molecule has 13 heteroatoms. The van der Waals surface area contributed by atoms with Gasteiger partial charge in [-0.05, 0) is 55.6 Å². The molecule has 0 amide bonds. The molecule has 0 aliphatic carbocycles. The van der Waals surface area contributed by atoms with Gasteiger partial charge in [0, 0.05) is 56.1 Å². The van der Waals surface area contributed by atoms with Crippen molar-refractivity contribution < 1.29 is 14.0 Å². The molecule has 43 heavy (non-hydrogen) atoms. The summed E-state index contributed by atoms with van der Waals surface area (Å²) >= 11 is 0. The van der Waals surface area contributed by atoms with Crippen molar-refractivity contribution in [1.82, 2.24) is 35.0 Å². The predicted molar refractivity (Wildman–Crippen MR) is 169 cm³/mol. The monoisotopic (exact) mass is 599 g/mol. The van der Waals surface area contributed by atoms with E-state index < -0.39 is 7.14 Å². The first-order chi connectivity index (χ1) is 20.7. The van der Waals surface area contributed by atoms with Crippen LogP contribution < -0.4 is 26.0 Å². The molecule has 5 aromatic rings. The van der Waals surface area contributed by atoms with E-state index in [0.29, 0.717) is 58.4 Å². The Kier molecular flexibility index (Phi) is 7.83. The number of rotatable bonds is 8. The third-order valence-corrected chi connectivity index (χ3v) is 8.82. The number of hydrogen-bond donors (Lipinski definition) is 3. The van der Waals surface area contributed by atoms with Gasteiger partial charge < -0.3 is 30.0 Å². The van der Waals surface area contributed by atoms with Crippen LogP contribution in [0.1, 0.15) is 17.2 Å². The van der Waals surface area contributed by atoms with Gasteiger partial charge in [-0.1, -0.05) is 0 Å². The third kappa shape index (κ3) is 5.94. The van der Waals surface area contributed by atoms with Crippen molar-refractivity contribution in [1.29, 1.82) is 0 Å². The lowest BCUT2D eigenvalue weighted by molar-refractivity contribution is 0.0279. The normalized spacial score (nSPS) is 15.4. The zero-order valence-electron chi connectivity index (χ0n) is 24.8. The summed E-state index contributed by atoms with van der Waals surface area (Å²) in [6.45, 7) is 7.52. The highest BCUT2D eigenvalue weighted by Crippen LogP contribution is 2.42. The highest BCUT2D eigenvalue weighted by Gasteiger charge is 2.24. The molecule has 1 fully saturated rings. The molecule has 0 radical (unpaired) electrons. The topological polar surface area (TPSA) is 141 Å². The summed E-state index contributed by atoms with van der Waals surface area (Å²) in [7, 11) is 0.783. The summed E-state index contributed by atoms with van der Waals surface area (Å²) in [4.78, 5) is 18.2. The van der Waals surface area contributed by atoms with E-state index in [1.54, 1.807) is 43.7 Å². The Labute approximate surface area is 249 Å². The van der Waals surface area contributed by atoms with Gasteiger partial charge in [-0.15, -0.1) is 0 Å². The molecule has 0 saturated carbocycles. The molecule has 1 saturated heterocycles. The number of benzene rings is 2. The molecule has 0 bridgehead atoms. The summed E-state index contributed by atoms with van der Waals surface area (Å²) in [6, 6.07) is 7.74. The first-order valence-corrected chi connectivity index (χ1v) is 16.5. The minimum absolute atomic E-state index is 0.132. The molecule has 0 spiro atoms. The highest BCUT2D eigenvalue weighted by atomic mass is 31.2. The van der Waals surface area contributed by atoms with Gasteiger partial charge in [0.05, 0.1) is 48.2 Å². The van der Waals surface area contributed by atoms with Crippen molar-refractivity contribution >= 4 is 46.6 Å². The molecule has 3 aromatic heterocycles. The van der Waals surface area contributed by atoms with Gasteiger partial charge in [-0.25, -0.2) is 4.98 Å². The Balaban J connectivity index is 1.38. The van der Waals surface area contributed by atoms with Crippen molar-refractivity contribution in [3.63, 3.8) is 0 Å². The number of anilines is 4. The number of ether oxygens (including phenoxy) is 2. The Bertz CT molecular complexity index is 1850. The number of aryl methyl sites for hydroxylation is 2. The average molecular weight is 600 g/mol. The fraction of sp³-hybridized carbons (Fsp3) is 0.300. The van der Waals surface area contributed by atoms with Crippen molar-refractivity contribution in [2.75, 3.05) is 50.8 Å². The van der Waals surface area contributed by atoms with Gasteiger partial charge in [0.2, 0.25) is 5.95 Å². The van der Waals surface area contributed by atoms with Crippen molar-refractivity contribution in [3.05, 3.63) is 66.4 Å². The second-order valence-electron chi connectivity index (χ2n) is 10.8. The molecule has 4 heterocycles. The number of fused-ring (bicyclic) bond motifs is 1. The van der Waals surface area contributed by atoms with E-state index in [-0.39, 0.29) is 6.10 Å². The van der Waals surface area contributed by atoms with Crippen LogP contribution in [0.3, 0.4) is 0 Å². The lowest BCUT2D eigenvalue weighted by Crippen LogP contribution is -2.33. The van der Waals surface area contributed by atoms with Crippen LogP contribution in [-0.2, 0) is 16.3 Å². The standard InChI is InChI=1S/C30H34N9O3P/c1-18-14-34-30(38-29(18)36-23-7-6-22-27(33-9-8-32-22)28(23)43(4,5)40)37-24-12-20(19-15-35-39(2)17-19)21(13-25(24)41-3)26-16-31-10-11-42-26/h6-9,12-15,17,26,31H,10-11,16H2,1-5H3,(H2,34,36,37,38). The third-order valence-electron chi connectivity index (χ3n) is 7.29. The second kappa shape index (κ2) is 11.7. The van der Waals surface area contributed by atoms with Crippen LogP contribution in [0.25, 0.3) is 22.2 Å². The minimum atomic E-state index is -2.74. The SMILES string of the molecule is COc1cc(C2CNCCO2)c(-c2cnn(C)c2)cc1Nc1ncc(C)c(Nc2ccc3nccnc3c2P(C)(C)=O)n1. The Morgan fingerprint density at radius 1 is 1.09 bits per heavy atom. The lowest BCUT2D eigenvalue weighted by Gasteiger charge is -2.27. The minimum Gasteiger partial charge on any atom is -0.495 e. The van der Waals surface area contributed by atoms with Crippen molar-refractivity contribution in [2.45, 2.75) is 13.0 Å². The molecule has 1 atom stereocenters. The fourth-order valence-electron chi connectivity index (χ4n) is 5.25. The number of aromatic nitrogens is 6. The van der Waals surface area contributed by atoms with Crippen molar-refractivity contribution in [2.24, 2.45) is 7.05 Å². The summed E-state index contributed by atoms with van der Waals surface area (Å²) < 4.78 is 27.1. The summed E-state index contributed by atoms with van der Waals surface area (Å²) in [6.07, 6.45) is 8.65. The van der Waals surface area contributed by atoms with E-state index in [4.69, 9.17) is 14.5 Å². The zero-order valence-corrected chi connectivity index (χ0v) is 25.6. The summed E-state index contributed by atoms with van der Waals surface area (Å²) in [5, 5.41) is 15.2. The van der Waals surface area contributed by atoms with Crippen LogP contribution in [0, 0.1) is 6.92 Å². The van der Waals surface area contributed by atoms with Crippen LogP contribution in [0.2, 0.25) is 0 Å². The zero-order chi connectivity index (χ0) is 30.1. The number of hydrogen-bond acceptors (Lipinski definition) is 11. The molecule has 12 nitrogen and oxygen atoms in total. The predicted octanol–water partition coefficient (Wildman–Crippen LogP) is 4.53. The second-order valence-corrected chi connectivity index (χ2v) is 14.0. The first kappa shape index (κ1) is 28.7. The molecule has 1 unspecified atom stereocenters. The maximum absolute atomic E-state index is 13.4. The highest BCUT2D eigenvalue weighted by molar-refractivity contribution is 7.71. The molecule has 222 valence electrons. The number of morpholine rings is 1. The molecule has 1 aliphatic heterocycles. The van der Waals surface area contributed by atoms with Crippen LogP contribution in [0.15, 0.2) is 55.2 Å². The van der Waals surface area contributed by atoms with Gasteiger partial charge in [-0.3, -0.25) is 14.6 Å². The van der Waals surface area contributed by atoms with Gasteiger partial charge in [0.25, 0.3) is 0 Å². The first-order valence-electron chi connectivity index (χ1n) is 13.9. The van der Waals surface area contributed by atoms with Crippen molar-refractivity contribution in [3.8, 4) is 16.9 Å². The fourth-order valence-corrected chi connectivity index (χ4v) is 6.64. The van der Waals surface area contributed by atoms with Crippen LogP contribution in [0.4, 0.5) is 23.1 Å². The van der Waals surface area contributed by atoms with Gasteiger partial charge in [-0.2, -0.15) is 10.1 Å². The van der Waals surface area contributed by atoms with E-state index >= 15 is 0 Å². The van der Waals surface area contributed by atoms with Crippen LogP contribution >= 0.6 is 7.14 Å². The number of nitrogens with one attached hydrogen (secondary N) is 3. The maximum atomic E-state index is 13.4. The largest absolute Gasteiger partial charge is 0.495 e. The molecule has 1 aliphatic rings. The molecular formula is C30H34N9O3P. The average Bonchev–Trinajstić information content (AvgIpc) is 3.44. The molecule has 6 rings (SSSR count). The van der Waals surface area contributed by atoms with E-state index in [2.05, 4.69) is 36.0 Å². The van der Waals surface area contributed by atoms with Crippen LogP contribution in [0.5, 0.6) is 5.75 Å². The quantitative estimate of drug-likeness (QED) is 0.217. The van der Waals surface area contributed by atoms with Gasteiger partial charge >= 0.3 is 0 Å². The van der Waals surface area contributed by atoms with E-state index in [1.807, 2.05) is 50.6 Å². The smallest absolute Gasteiger partial charge is 0.229 e. The summed E-state index contributed by atoms with van der Waals surface area (Å²) in [5.41, 5.74) is 6.40. The Hall–Kier alpha value is -4.38. The summed E-state index contributed by atoms with van der Waals surface area (Å²) in [5.74, 6) is 1.56. The lowest BCUT2D eigenvalue weighted by atomic mass is 9.96. The molecular weight excluding hydrogens is 565 g/mol. The van der Waals surface area contributed by atoms with E-state index in [0.717, 1.165) is 28.8 Å². The molecule has 2 aromatic carbocycles. The Morgan fingerprint density at radius 3 is 2.65 bits per heavy atom. The van der Waals surface area contributed by atoms with Gasteiger partial charge in [0.15, 0.2) is 0 Å². The Morgan fingerprint density at radius 2 is 1.93 bits per heavy atom. The van der Waals surface area contributed by atoms with Crippen LogP contribution in [-0.4, -0.2) is 69.9 Å². The van der Waals surface area contributed by atoms with E-state index in [9.17, 15) is 4.57 Å². The number of methoxy groups -OCH3 is 1. The van der Waals surface area contributed by atoms with E-state index in [1.165, 1.54) is 0 Å². The maximum Gasteiger partial charge on any atom is 0.229 e. The van der Waals surface area contributed by atoms with Gasteiger partial charge in [0.1, 0.15) is 24.2 Å². The molecule has 3 N–H and O–H groups in total.